The molecule has 0 aliphatic rings. The van der Waals surface area contributed by atoms with Crippen molar-refractivity contribution in [3.63, 3.8) is 0 Å². The first kappa shape index (κ1) is 10.6. The van der Waals surface area contributed by atoms with Crippen molar-refractivity contribution in [3.8, 4) is 11.8 Å². The Hall–Kier alpha value is -1.91. The zero-order valence-electron chi connectivity index (χ0n) is 8.57. The van der Waals surface area contributed by atoms with Crippen LogP contribution in [0.15, 0.2) is 48.5 Å². The molecular weight excluding hydrogens is 218 g/mol. The molecule has 0 heterocycles. The van der Waals surface area contributed by atoms with Gasteiger partial charge in [0, 0.05) is 21.8 Å². The fourth-order valence-electron chi connectivity index (χ4n) is 1.31. The van der Waals surface area contributed by atoms with Crippen LogP contribution in [-0.4, -0.2) is 0 Å². The van der Waals surface area contributed by atoms with E-state index in [-0.39, 0.29) is 0 Å². The van der Waals surface area contributed by atoms with E-state index in [9.17, 15) is 0 Å². The molecule has 2 heteroatoms. The molecule has 0 atom stereocenters. The number of benzene rings is 2. The van der Waals surface area contributed by atoms with Crippen LogP contribution < -0.4 is 5.73 Å². The van der Waals surface area contributed by atoms with Gasteiger partial charge in [0.1, 0.15) is 0 Å². The highest BCUT2D eigenvalue weighted by Crippen LogP contribution is 2.16. The summed E-state index contributed by atoms with van der Waals surface area (Å²) >= 11 is 5.81. The van der Waals surface area contributed by atoms with E-state index in [0.717, 1.165) is 11.1 Å². The predicted octanol–water partition coefficient (Wildman–Crippen LogP) is 3.32. The highest BCUT2D eigenvalue weighted by molar-refractivity contribution is 6.30. The standard InChI is InChI=1S/C14H10ClN/c15-13-9-8-12(14(16)10-13)7-6-11-4-2-1-3-5-11/h1-5,8-10H,16H2. The molecular formula is C14H10ClN. The quantitative estimate of drug-likeness (QED) is 0.542. The van der Waals surface area contributed by atoms with Crippen LogP contribution in [-0.2, 0) is 0 Å². The Labute approximate surface area is 99.9 Å². The second kappa shape index (κ2) is 4.74. The molecule has 0 bridgehead atoms. The minimum atomic E-state index is 0.607. The van der Waals surface area contributed by atoms with Crippen molar-refractivity contribution in [1.29, 1.82) is 0 Å². The molecule has 0 radical (unpaired) electrons. The van der Waals surface area contributed by atoms with Gasteiger partial charge in [0.25, 0.3) is 0 Å². The van der Waals surface area contributed by atoms with Crippen molar-refractivity contribution in [2.24, 2.45) is 0 Å². The smallest absolute Gasteiger partial charge is 0.0488 e. The monoisotopic (exact) mass is 227 g/mol. The van der Waals surface area contributed by atoms with Crippen LogP contribution in [0.25, 0.3) is 0 Å². The molecule has 16 heavy (non-hydrogen) atoms. The fourth-order valence-corrected chi connectivity index (χ4v) is 1.49. The molecule has 2 aromatic carbocycles. The minimum Gasteiger partial charge on any atom is -0.398 e. The van der Waals surface area contributed by atoms with Crippen LogP contribution in [0.5, 0.6) is 0 Å². The van der Waals surface area contributed by atoms with Crippen LogP contribution in [0.4, 0.5) is 5.69 Å². The Balaban J connectivity index is 2.31. The lowest BCUT2D eigenvalue weighted by Gasteiger charge is -1.97. The highest BCUT2D eigenvalue weighted by atomic mass is 35.5. The molecule has 0 aliphatic heterocycles. The van der Waals surface area contributed by atoms with Crippen molar-refractivity contribution in [2.75, 3.05) is 5.73 Å². The first-order valence-corrected chi connectivity index (χ1v) is 5.25. The summed E-state index contributed by atoms with van der Waals surface area (Å²) in [7, 11) is 0. The molecule has 1 nitrogen and oxygen atoms in total. The number of anilines is 1. The molecule has 0 aliphatic carbocycles. The van der Waals surface area contributed by atoms with Crippen LogP contribution in [0, 0.1) is 11.8 Å². The molecule has 2 N–H and O–H groups in total. The number of halogens is 1. The van der Waals surface area contributed by atoms with Gasteiger partial charge < -0.3 is 5.73 Å². The Bertz CT molecular complexity index is 550. The number of nitrogens with two attached hydrogens (primary N) is 1. The molecule has 0 amide bonds. The van der Waals surface area contributed by atoms with E-state index in [4.69, 9.17) is 17.3 Å². The summed E-state index contributed by atoms with van der Waals surface area (Å²) in [5, 5.41) is 0.628. The number of hydrogen-bond donors (Lipinski definition) is 1. The van der Waals surface area contributed by atoms with Crippen LogP contribution >= 0.6 is 11.6 Å². The zero-order valence-corrected chi connectivity index (χ0v) is 9.33. The summed E-state index contributed by atoms with van der Waals surface area (Å²) < 4.78 is 0. The van der Waals surface area contributed by atoms with Crippen molar-refractivity contribution >= 4 is 17.3 Å². The summed E-state index contributed by atoms with van der Waals surface area (Å²) in [5.74, 6) is 6.07. The first-order valence-electron chi connectivity index (χ1n) is 4.88. The third kappa shape index (κ3) is 2.56. The van der Waals surface area contributed by atoms with Crippen LogP contribution in [0.3, 0.4) is 0 Å². The first-order chi connectivity index (χ1) is 7.75. The average molecular weight is 228 g/mol. The van der Waals surface area contributed by atoms with E-state index in [1.165, 1.54) is 0 Å². The molecule has 2 rings (SSSR count). The SMILES string of the molecule is Nc1cc(Cl)ccc1C#Cc1ccccc1. The Kier molecular flexibility index (Phi) is 3.14. The summed E-state index contributed by atoms with van der Waals surface area (Å²) in [6.07, 6.45) is 0. The van der Waals surface area contributed by atoms with Crippen molar-refractivity contribution in [2.45, 2.75) is 0 Å². The van der Waals surface area contributed by atoms with Crippen molar-refractivity contribution in [1.82, 2.24) is 0 Å². The van der Waals surface area contributed by atoms with Crippen LogP contribution in [0.1, 0.15) is 11.1 Å². The lowest BCUT2D eigenvalue weighted by Crippen LogP contribution is -1.89. The number of rotatable bonds is 0. The lowest BCUT2D eigenvalue weighted by atomic mass is 10.1. The van der Waals surface area contributed by atoms with Gasteiger partial charge >= 0.3 is 0 Å². The maximum absolute atomic E-state index is 5.81. The molecule has 0 saturated heterocycles. The fraction of sp³-hybridized carbons (Fsp3) is 0. The second-order valence-corrected chi connectivity index (χ2v) is 3.78. The maximum atomic E-state index is 5.81. The van der Waals surface area contributed by atoms with Gasteiger partial charge in [-0.05, 0) is 30.3 Å². The topological polar surface area (TPSA) is 26.0 Å². The second-order valence-electron chi connectivity index (χ2n) is 3.35. The van der Waals surface area contributed by atoms with Gasteiger partial charge in [-0.15, -0.1) is 0 Å². The molecule has 0 unspecified atom stereocenters. The van der Waals surface area contributed by atoms with E-state index >= 15 is 0 Å². The summed E-state index contributed by atoms with van der Waals surface area (Å²) in [6.45, 7) is 0. The molecule has 0 saturated carbocycles. The predicted molar refractivity (Wildman–Crippen MR) is 68.3 cm³/mol. The van der Waals surface area contributed by atoms with E-state index in [0.29, 0.717) is 10.7 Å². The highest BCUT2D eigenvalue weighted by Gasteiger charge is 1.95. The maximum Gasteiger partial charge on any atom is 0.0488 e. The number of nitrogen functional groups attached to an aromatic ring is 1. The molecule has 0 fully saturated rings. The summed E-state index contributed by atoms with van der Waals surface area (Å²) in [5.41, 5.74) is 8.17. The van der Waals surface area contributed by atoms with E-state index in [1.54, 1.807) is 12.1 Å². The Morgan fingerprint density at radius 2 is 1.69 bits per heavy atom. The van der Waals surface area contributed by atoms with Gasteiger partial charge in [0.15, 0.2) is 0 Å². The van der Waals surface area contributed by atoms with Crippen LogP contribution in [0.2, 0.25) is 5.02 Å². The molecule has 0 spiro atoms. The van der Waals surface area contributed by atoms with Crippen molar-refractivity contribution < 1.29 is 0 Å². The third-order valence-corrected chi connectivity index (χ3v) is 2.36. The molecule has 2 aromatic rings. The Morgan fingerprint density at radius 1 is 0.938 bits per heavy atom. The summed E-state index contributed by atoms with van der Waals surface area (Å²) in [6, 6.07) is 15.1. The normalized spacial score (nSPS) is 9.31. The van der Waals surface area contributed by atoms with Gasteiger partial charge in [0.05, 0.1) is 0 Å². The van der Waals surface area contributed by atoms with E-state index in [1.807, 2.05) is 36.4 Å². The van der Waals surface area contributed by atoms with Gasteiger partial charge in [-0.25, -0.2) is 0 Å². The minimum absolute atomic E-state index is 0.607. The lowest BCUT2D eigenvalue weighted by molar-refractivity contribution is 1.61. The average Bonchev–Trinajstić information content (AvgIpc) is 2.29. The van der Waals surface area contributed by atoms with E-state index < -0.39 is 0 Å². The van der Waals surface area contributed by atoms with Gasteiger partial charge in [-0.3, -0.25) is 0 Å². The molecule has 0 aromatic heterocycles. The van der Waals surface area contributed by atoms with Gasteiger partial charge in [-0.2, -0.15) is 0 Å². The largest absolute Gasteiger partial charge is 0.398 e. The number of hydrogen-bond acceptors (Lipinski definition) is 1. The van der Waals surface area contributed by atoms with E-state index in [2.05, 4.69) is 11.8 Å². The molecule has 78 valence electrons. The Morgan fingerprint density at radius 3 is 2.38 bits per heavy atom. The van der Waals surface area contributed by atoms with Gasteiger partial charge in [0.2, 0.25) is 0 Å². The third-order valence-electron chi connectivity index (χ3n) is 2.13. The zero-order chi connectivity index (χ0) is 11.4. The van der Waals surface area contributed by atoms with Gasteiger partial charge in [-0.1, -0.05) is 41.6 Å². The van der Waals surface area contributed by atoms with Crippen molar-refractivity contribution in [3.05, 3.63) is 64.7 Å². The summed E-state index contributed by atoms with van der Waals surface area (Å²) in [4.78, 5) is 0.